The monoisotopic (exact) mass is 526 g/mol. The number of likely N-dealkylation sites (N-methyl/N-ethyl adjacent to an activating group) is 1. The Hall–Kier alpha value is -3.50. The van der Waals surface area contributed by atoms with Crippen LogP contribution in [0, 0.1) is 17.6 Å². The molecule has 1 N–H and O–H groups in total. The highest BCUT2D eigenvalue weighted by atomic mass is 32.2. The highest BCUT2D eigenvalue weighted by molar-refractivity contribution is 7.89. The molecular weight excluding hydrogens is 502 g/mol. The van der Waals surface area contributed by atoms with Crippen LogP contribution >= 0.6 is 0 Å². The summed E-state index contributed by atoms with van der Waals surface area (Å²) in [4.78, 5) is 13.5. The molecule has 0 radical (unpaired) electrons. The number of sulfonamides is 1. The molecule has 1 saturated carbocycles. The molecule has 0 spiro atoms. The summed E-state index contributed by atoms with van der Waals surface area (Å²) in [5, 5.41) is 9.41. The van der Waals surface area contributed by atoms with E-state index in [0.29, 0.717) is 12.2 Å². The highest BCUT2D eigenvalue weighted by Gasteiger charge is 2.43. The van der Waals surface area contributed by atoms with Gasteiger partial charge in [-0.1, -0.05) is 24.6 Å². The molecule has 0 saturated heterocycles. The van der Waals surface area contributed by atoms with Gasteiger partial charge in [0.2, 0.25) is 10.0 Å². The second kappa shape index (κ2) is 8.53. The van der Waals surface area contributed by atoms with E-state index >= 15 is 0 Å². The maximum absolute atomic E-state index is 14.8. The van der Waals surface area contributed by atoms with E-state index in [1.165, 1.54) is 10.4 Å². The van der Waals surface area contributed by atoms with Crippen LogP contribution in [0.3, 0.4) is 0 Å². The average molecular weight is 527 g/mol. The molecule has 0 unspecified atom stereocenters. The Labute approximate surface area is 212 Å². The second-order valence-corrected chi connectivity index (χ2v) is 11.7. The van der Waals surface area contributed by atoms with E-state index in [1.807, 2.05) is 35.2 Å². The number of aromatic carboxylic acids is 1. The van der Waals surface area contributed by atoms with Gasteiger partial charge in [0.15, 0.2) is 11.6 Å². The van der Waals surface area contributed by atoms with Gasteiger partial charge in [-0.25, -0.2) is 22.0 Å². The minimum atomic E-state index is -4.00. The molecule has 7 nitrogen and oxygen atoms in total. The standard InChI is InChI=1S/C27H24F2N2O5S/c1-30-22(15-6-5-7-15)13-31(16-8-3-2-4-9-16)21-12-23-18(11-24(21)37(30,34)35)17-10-19(27(32)33)25(28)26(29)20(17)14-36-23/h2-4,8-12,15,22H,5-7,13-14H2,1H3,(H,32,33)/t22-/m0/s1. The molecule has 192 valence electrons. The Kier molecular flexibility index (Phi) is 5.50. The van der Waals surface area contributed by atoms with E-state index in [4.69, 9.17) is 4.74 Å². The molecule has 0 amide bonds. The van der Waals surface area contributed by atoms with Crippen LogP contribution in [0.1, 0.15) is 35.2 Å². The maximum atomic E-state index is 14.8. The number of carboxylic acid groups (broad SMARTS) is 1. The van der Waals surface area contributed by atoms with E-state index < -0.39 is 33.2 Å². The lowest BCUT2D eigenvalue weighted by Gasteiger charge is -2.39. The molecule has 1 aliphatic carbocycles. The van der Waals surface area contributed by atoms with Crippen molar-refractivity contribution in [2.45, 2.75) is 36.8 Å². The normalized spacial score (nSPS) is 20.6. The third-order valence-corrected chi connectivity index (χ3v) is 9.72. The molecule has 1 fully saturated rings. The van der Waals surface area contributed by atoms with Crippen molar-refractivity contribution >= 4 is 27.4 Å². The number of hydrogen-bond donors (Lipinski definition) is 1. The van der Waals surface area contributed by atoms with E-state index in [0.717, 1.165) is 31.0 Å². The van der Waals surface area contributed by atoms with Crippen LogP contribution < -0.4 is 9.64 Å². The lowest BCUT2D eigenvalue weighted by atomic mass is 9.79. The van der Waals surface area contributed by atoms with Gasteiger partial charge in [-0.05, 0) is 48.6 Å². The molecule has 2 aliphatic heterocycles. The van der Waals surface area contributed by atoms with Crippen molar-refractivity contribution in [2.24, 2.45) is 5.92 Å². The van der Waals surface area contributed by atoms with Gasteiger partial charge in [0.25, 0.3) is 0 Å². The van der Waals surface area contributed by atoms with Crippen LogP contribution in [0.2, 0.25) is 0 Å². The Morgan fingerprint density at radius 3 is 2.43 bits per heavy atom. The van der Waals surface area contributed by atoms with E-state index in [2.05, 4.69) is 0 Å². The molecule has 3 aliphatic rings. The molecule has 1 atom stereocenters. The van der Waals surface area contributed by atoms with Crippen molar-refractivity contribution < 1.29 is 31.8 Å². The van der Waals surface area contributed by atoms with Gasteiger partial charge < -0.3 is 14.7 Å². The topological polar surface area (TPSA) is 87.2 Å². The molecular formula is C27H24F2N2O5S. The highest BCUT2D eigenvalue weighted by Crippen LogP contribution is 2.48. The van der Waals surface area contributed by atoms with Crippen LogP contribution in [0.15, 0.2) is 53.4 Å². The first-order valence-electron chi connectivity index (χ1n) is 12.0. The van der Waals surface area contributed by atoms with Gasteiger partial charge >= 0.3 is 5.97 Å². The summed E-state index contributed by atoms with van der Waals surface area (Å²) in [5.74, 6) is -3.91. The minimum Gasteiger partial charge on any atom is -0.488 e. The Morgan fingerprint density at radius 2 is 1.78 bits per heavy atom. The van der Waals surface area contributed by atoms with Crippen LogP contribution in [-0.2, 0) is 16.6 Å². The zero-order chi connectivity index (χ0) is 26.1. The van der Waals surface area contributed by atoms with Crippen LogP contribution in [-0.4, -0.2) is 43.4 Å². The summed E-state index contributed by atoms with van der Waals surface area (Å²) in [5.41, 5.74) is 0.563. The number of fused-ring (bicyclic) bond motifs is 4. The fourth-order valence-electron chi connectivity index (χ4n) is 5.50. The number of nitrogens with zero attached hydrogens (tertiary/aromatic N) is 2. The van der Waals surface area contributed by atoms with Gasteiger partial charge in [0.1, 0.15) is 17.3 Å². The number of ether oxygens (including phenoxy) is 1. The third kappa shape index (κ3) is 3.61. The number of para-hydroxylation sites is 1. The van der Waals surface area contributed by atoms with Crippen molar-refractivity contribution in [3.8, 4) is 16.9 Å². The van der Waals surface area contributed by atoms with Crippen LogP contribution in [0.5, 0.6) is 5.75 Å². The van der Waals surface area contributed by atoms with Crippen molar-refractivity contribution in [3.63, 3.8) is 0 Å². The predicted octanol–water partition coefficient (Wildman–Crippen LogP) is 5.16. The minimum absolute atomic E-state index is 0.00233. The summed E-state index contributed by atoms with van der Waals surface area (Å²) >= 11 is 0. The molecule has 0 bridgehead atoms. The smallest absolute Gasteiger partial charge is 0.338 e. The molecule has 37 heavy (non-hydrogen) atoms. The first kappa shape index (κ1) is 23.9. The third-order valence-electron chi connectivity index (χ3n) is 7.81. The van der Waals surface area contributed by atoms with E-state index in [-0.39, 0.29) is 45.9 Å². The number of benzene rings is 3. The zero-order valence-electron chi connectivity index (χ0n) is 19.9. The number of carbonyl (C=O) groups is 1. The first-order chi connectivity index (χ1) is 17.7. The first-order valence-corrected chi connectivity index (χ1v) is 13.5. The van der Waals surface area contributed by atoms with E-state index in [9.17, 15) is 27.1 Å². The fourth-order valence-corrected chi connectivity index (χ4v) is 7.11. The number of rotatable bonds is 3. The van der Waals surface area contributed by atoms with Gasteiger partial charge in [0.05, 0.1) is 11.3 Å². The Morgan fingerprint density at radius 1 is 1.05 bits per heavy atom. The van der Waals surface area contributed by atoms with Crippen molar-refractivity contribution in [1.29, 1.82) is 0 Å². The summed E-state index contributed by atoms with van der Waals surface area (Å²) in [6.07, 6.45) is 2.94. The molecule has 10 heteroatoms. The predicted molar refractivity (Wildman–Crippen MR) is 133 cm³/mol. The zero-order valence-corrected chi connectivity index (χ0v) is 20.8. The molecule has 3 aromatic carbocycles. The SMILES string of the molecule is CN1[C@H](C2CCC2)CN(c2ccccc2)c2cc3c(cc2S1(=O)=O)-c1cc(C(=O)O)c(F)c(F)c1CO3. The number of anilines is 2. The summed E-state index contributed by atoms with van der Waals surface area (Å²) in [6, 6.07) is 13.3. The van der Waals surface area contributed by atoms with Crippen LogP contribution in [0.4, 0.5) is 20.2 Å². The quantitative estimate of drug-likeness (QED) is 0.507. The lowest BCUT2D eigenvalue weighted by molar-refractivity contribution is 0.0690. The number of carboxylic acids is 1. The number of hydrogen-bond acceptors (Lipinski definition) is 5. The summed E-state index contributed by atoms with van der Waals surface area (Å²) in [7, 11) is -2.42. The molecule has 2 heterocycles. The molecule has 0 aromatic heterocycles. The van der Waals surface area contributed by atoms with Gasteiger partial charge in [0, 0.05) is 42.5 Å². The van der Waals surface area contributed by atoms with E-state index in [1.54, 1.807) is 13.1 Å². The van der Waals surface area contributed by atoms with Crippen LogP contribution in [0.25, 0.3) is 11.1 Å². The Balaban J connectivity index is 1.60. The number of halogens is 2. The second-order valence-electron chi connectivity index (χ2n) is 9.71. The largest absolute Gasteiger partial charge is 0.488 e. The summed E-state index contributed by atoms with van der Waals surface area (Å²) in [6.45, 7) is 0.127. The molecule has 3 aromatic rings. The molecule has 6 rings (SSSR count). The van der Waals surface area contributed by atoms with Gasteiger partial charge in [-0.3, -0.25) is 0 Å². The maximum Gasteiger partial charge on any atom is 0.338 e. The van der Waals surface area contributed by atoms with Crippen molar-refractivity contribution in [3.05, 3.63) is 71.3 Å². The fraction of sp³-hybridized carbons (Fsp3) is 0.296. The summed E-state index contributed by atoms with van der Waals surface area (Å²) < 4.78 is 64.4. The van der Waals surface area contributed by atoms with Crippen molar-refractivity contribution in [1.82, 2.24) is 4.31 Å². The average Bonchev–Trinajstić information content (AvgIpc) is 2.93. The van der Waals surface area contributed by atoms with Gasteiger partial charge in [-0.15, -0.1) is 0 Å². The van der Waals surface area contributed by atoms with Crippen molar-refractivity contribution in [2.75, 3.05) is 18.5 Å². The van der Waals surface area contributed by atoms with Gasteiger partial charge in [-0.2, -0.15) is 4.31 Å². The Bertz CT molecular complexity index is 1540. The lowest BCUT2D eigenvalue weighted by Crippen LogP contribution is -2.47.